The number of nitrogens with zero attached hydrogens (tertiary/aromatic N) is 2. The number of rotatable bonds is 2. The molecule has 11 heteroatoms. The van der Waals surface area contributed by atoms with Crippen LogP contribution in [0.2, 0.25) is 0 Å². The normalized spacial score (nSPS) is 19.5. The van der Waals surface area contributed by atoms with Gasteiger partial charge in [-0.2, -0.15) is 17.5 Å². The topological polar surface area (TPSA) is 87.2 Å². The molecule has 1 saturated heterocycles. The highest BCUT2D eigenvalue weighted by atomic mass is 32.2. The van der Waals surface area contributed by atoms with E-state index in [1.54, 1.807) is 27.7 Å². The molecule has 1 aromatic rings. The first kappa shape index (κ1) is 22.3. The molecule has 1 heterocycles. The van der Waals surface area contributed by atoms with Gasteiger partial charge in [-0.05, 0) is 45.9 Å². The third-order valence-corrected chi connectivity index (χ3v) is 5.92. The van der Waals surface area contributed by atoms with E-state index in [-0.39, 0.29) is 19.6 Å². The quantitative estimate of drug-likeness (QED) is 0.789. The van der Waals surface area contributed by atoms with Gasteiger partial charge in [0.1, 0.15) is 11.4 Å². The molecule has 1 aliphatic heterocycles. The predicted octanol–water partition coefficient (Wildman–Crippen LogP) is 3.04. The minimum absolute atomic E-state index is 0.0280. The second kappa shape index (κ2) is 7.43. The number of phenolic OH excluding ortho intramolecular Hbond substituents is 1. The number of piperazine rings is 1. The van der Waals surface area contributed by atoms with E-state index < -0.39 is 50.1 Å². The summed E-state index contributed by atoms with van der Waals surface area (Å²) in [5.74, 6) is -0.797. The highest BCUT2D eigenvalue weighted by Crippen LogP contribution is 2.34. The highest BCUT2D eigenvalue weighted by Gasteiger charge is 2.38. The van der Waals surface area contributed by atoms with Crippen molar-refractivity contribution in [3.05, 3.63) is 23.8 Å². The largest absolute Gasteiger partial charge is 0.508 e. The molecule has 28 heavy (non-hydrogen) atoms. The van der Waals surface area contributed by atoms with Crippen molar-refractivity contribution in [3.8, 4) is 5.75 Å². The monoisotopic (exact) mass is 424 g/mol. The molecule has 1 amide bonds. The minimum atomic E-state index is -4.80. The van der Waals surface area contributed by atoms with E-state index in [4.69, 9.17) is 4.74 Å². The summed E-state index contributed by atoms with van der Waals surface area (Å²) in [7, 11) is -4.29. The zero-order valence-corrected chi connectivity index (χ0v) is 16.8. The molecule has 1 fully saturated rings. The number of halogens is 3. The first-order chi connectivity index (χ1) is 12.6. The molecule has 0 spiro atoms. The molecule has 1 atom stereocenters. The van der Waals surface area contributed by atoms with Gasteiger partial charge in [-0.15, -0.1) is 0 Å². The van der Waals surface area contributed by atoms with E-state index in [1.807, 2.05) is 0 Å². The average molecular weight is 424 g/mol. The van der Waals surface area contributed by atoms with Gasteiger partial charge in [0.25, 0.3) is 0 Å². The Morgan fingerprint density at radius 2 is 1.79 bits per heavy atom. The number of carbonyl (C=O) groups excluding carboxylic acids is 1. The Morgan fingerprint density at radius 3 is 2.29 bits per heavy atom. The molecule has 1 aliphatic rings. The summed E-state index contributed by atoms with van der Waals surface area (Å²) >= 11 is 0. The van der Waals surface area contributed by atoms with Crippen molar-refractivity contribution in [3.63, 3.8) is 0 Å². The van der Waals surface area contributed by atoms with Gasteiger partial charge < -0.3 is 14.7 Å². The summed E-state index contributed by atoms with van der Waals surface area (Å²) in [5.41, 5.74) is -1.97. The molecule has 0 unspecified atom stereocenters. The lowest BCUT2D eigenvalue weighted by Crippen LogP contribution is -2.56. The SMILES string of the molecule is C[C@H]1CN(S(=O)(=O)c2cc(O)cc(C(F)(F)F)c2)CCN1C(=O)OC(C)(C)C. The second-order valence-corrected chi connectivity index (χ2v) is 9.54. The van der Waals surface area contributed by atoms with Gasteiger partial charge in [0.15, 0.2) is 0 Å². The molecule has 0 saturated carbocycles. The Balaban J connectivity index is 2.23. The lowest BCUT2D eigenvalue weighted by atomic mass is 10.2. The number of alkyl halides is 3. The van der Waals surface area contributed by atoms with Crippen LogP contribution in [0.15, 0.2) is 23.1 Å². The van der Waals surface area contributed by atoms with E-state index in [0.29, 0.717) is 12.1 Å². The van der Waals surface area contributed by atoms with Crippen LogP contribution in [0.5, 0.6) is 5.75 Å². The van der Waals surface area contributed by atoms with Gasteiger partial charge in [0, 0.05) is 25.7 Å². The second-order valence-electron chi connectivity index (χ2n) is 7.60. The van der Waals surface area contributed by atoms with Crippen molar-refractivity contribution in [1.82, 2.24) is 9.21 Å². The number of benzene rings is 1. The van der Waals surface area contributed by atoms with Gasteiger partial charge >= 0.3 is 12.3 Å². The zero-order valence-electron chi connectivity index (χ0n) is 15.9. The van der Waals surface area contributed by atoms with E-state index in [2.05, 4.69) is 0 Å². The number of sulfonamides is 1. The predicted molar refractivity (Wildman–Crippen MR) is 94.3 cm³/mol. The maximum absolute atomic E-state index is 12.9. The van der Waals surface area contributed by atoms with Crippen molar-refractivity contribution in [1.29, 1.82) is 0 Å². The summed E-state index contributed by atoms with van der Waals surface area (Å²) in [6.45, 7) is 6.54. The van der Waals surface area contributed by atoms with Crippen LogP contribution in [0.25, 0.3) is 0 Å². The van der Waals surface area contributed by atoms with Gasteiger partial charge in [-0.25, -0.2) is 13.2 Å². The summed E-state index contributed by atoms with van der Waals surface area (Å²) in [4.78, 5) is 12.9. The molecule has 1 aromatic carbocycles. The van der Waals surface area contributed by atoms with Crippen molar-refractivity contribution >= 4 is 16.1 Å². The van der Waals surface area contributed by atoms with Crippen LogP contribution in [0.1, 0.15) is 33.3 Å². The lowest BCUT2D eigenvalue weighted by molar-refractivity contribution is -0.137. The van der Waals surface area contributed by atoms with Crippen LogP contribution < -0.4 is 0 Å². The lowest BCUT2D eigenvalue weighted by Gasteiger charge is -2.39. The van der Waals surface area contributed by atoms with Crippen molar-refractivity contribution in [2.24, 2.45) is 0 Å². The Labute approximate surface area is 161 Å². The third kappa shape index (κ3) is 5.07. The standard InChI is InChI=1S/C17H23F3N2O5S/c1-11-10-21(5-6-22(11)15(24)27-16(2,3)4)28(25,26)14-8-12(17(18,19)20)7-13(23)9-14/h7-9,11,23H,5-6,10H2,1-4H3/t11-/m0/s1. The molecule has 0 radical (unpaired) electrons. The van der Waals surface area contributed by atoms with Crippen LogP contribution in [-0.2, 0) is 20.9 Å². The first-order valence-electron chi connectivity index (χ1n) is 8.52. The maximum Gasteiger partial charge on any atom is 0.416 e. The molecule has 0 aromatic heterocycles. The Morgan fingerprint density at radius 1 is 1.18 bits per heavy atom. The molecule has 0 bridgehead atoms. The fourth-order valence-corrected chi connectivity index (χ4v) is 4.36. The smallest absolute Gasteiger partial charge is 0.416 e. The first-order valence-corrected chi connectivity index (χ1v) is 9.96. The number of hydrogen-bond donors (Lipinski definition) is 1. The Kier molecular flexibility index (Phi) is 5.91. The number of amides is 1. The van der Waals surface area contributed by atoms with Crippen LogP contribution in [-0.4, -0.2) is 60.1 Å². The molecule has 0 aliphatic carbocycles. The van der Waals surface area contributed by atoms with Crippen molar-refractivity contribution in [2.45, 2.75) is 50.4 Å². The fraction of sp³-hybridized carbons (Fsp3) is 0.588. The van der Waals surface area contributed by atoms with Crippen LogP contribution in [0, 0.1) is 0 Å². The molecule has 2 rings (SSSR count). The molecule has 7 nitrogen and oxygen atoms in total. The van der Waals surface area contributed by atoms with E-state index in [1.165, 1.54) is 4.90 Å². The third-order valence-electron chi connectivity index (χ3n) is 4.07. The summed E-state index contributed by atoms with van der Waals surface area (Å²) < 4.78 is 70.7. The minimum Gasteiger partial charge on any atom is -0.508 e. The van der Waals surface area contributed by atoms with Crippen LogP contribution in [0.4, 0.5) is 18.0 Å². The number of phenols is 1. The summed E-state index contributed by atoms with van der Waals surface area (Å²) in [5, 5.41) is 9.54. The van der Waals surface area contributed by atoms with Gasteiger partial charge in [0.2, 0.25) is 10.0 Å². The summed E-state index contributed by atoms with van der Waals surface area (Å²) in [6, 6.07) is 1.18. The Bertz CT molecular complexity index is 849. The molecule has 158 valence electrons. The highest BCUT2D eigenvalue weighted by molar-refractivity contribution is 7.89. The van der Waals surface area contributed by atoms with Crippen LogP contribution in [0.3, 0.4) is 0 Å². The van der Waals surface area contributed by atoms with Crippen molar-refractivity contribution < 1.29 is 36.2 Å². The van der Waals surface area contributed by atoms with E-state index in [9.17, 15) is 31.5 Å². The van der Waals surface area contributed by atoms with Gasteiger partial charge in [0.05, 0.1) is 10.5 Å². The number of ether oxygens (including phenoxy) is 1. The van der Waals surface area contributed by atoms with Crippen LogP contribution >= 0.6 is 0 Å². The molecule has 1 N–H and O–H groups in total. The zero-order chi connectivity index (χ0) is 21.5. The number of hydrogen-bond acceptors (Lipinski definition) is 5. The van der Waals surface area contributed by atoms with Crippen molar-refractivity contribution in [2.75, 3.05) is 19.6 Å². The maximum atomic E-state index is 12.9. The number of carbonyl (C=O) groups is 1. The van der Waals surface area contributed by atoms with E-state index >= 15 is 0 Å². The molecular formula is C17H23F3N2O5S. The number of aromatic hydroxyl groups is 1. The molecular weight excluding hydrogens is 401 g/mol. The van der Waals surface area contributed by atoms with Gasteiger partial charge in [-0.3, -0.25) is 0 Å². The van der Waals surface area contributed by atoms with Gasteiger partial charge in [-0.1, -0.05) is 0 Å². The average Bonchev–Trinajstić information content (AvgIpc) is 2.51. The fourth-order valence-electron chi connectivity index (χ4n) is 2.78. The summed E-state index contributed by atoms with van der Waals surface area (Å²) in [6.07, 6.45) is -5.39. The van der Waals surface area contributed by atoms with E-state index in [0.717, 1.165) is 10.4 Å². The Hall–Kier alpha value is -2.01.